The molecule has 0 saturated heterocycles. The summed E-state index contributed by atoms with van der Waals surface area (Å²) in [4.78, 5) is 2.30. The topological polar surface area (TPSA) is 38.5 Å². The number of hydrogen-bond donors (Lipinski definition) is 1. The van der Waals surface area contributed by atoms with Gasteiger partial charge in [0.15, 0.2) is 0 Å². The van der Waals surface area contributed by atoms with E-state index in [1.54, 1.807) is 7.11 Å². The monoisotopic (exact) mass is 220 g/mol. The first kappa shape index (κ1) is 11.1. The molecular formula is C13H20N2O. The average molecular weight is 220 g/mol. The minimum absolute atomic E-state index is 0.634. The highest BCUT2D eigenvalue weighted by Crippen LogP contribution is 2.32. The molecule has 0 aromatic heterocycles. The molecule has 0 aliphatic heterocycles. The van der Waals surface area contributed by atoms with E-state index in [1.165, 1.54) is 25.7 Å². The number of methoxy groups -OCH3 is 1. The zero-order valence-electron chi connectivity index (χ0n) is 10.1. The molecule has 1 aliphatic rings. The fraction of sp³-hybridized carbons (Fsp3) is 0.538. The molecule has 0 unspecified atom stereocenters. The van der Waals surface area contributed by atoms with Crippen molar-refractivity contribution < 1.29 is 4.74 Å². The van der Waals surface area contributed by atoms with E-state index in [0.29, 0.717) is 6.04 Å². The van der Waals surface area contributed by atoms with Gasteiger partial charge in [0.2, 0.25) is 0 Å². The lowest BCUT2D eigenvalue weighted by Crippen LogP contribution is -2.29. The van der Waals surface area contributed by atoms with Crippen LogP contribution in [0.5, 0.6) is 5.75 Å². The third-order valence-corrected chi connectivity index (χ3v) is 3.49. The zero-order valence-corrected chi connectivity index (χ0v) is 10.1. The lowest BCUT2D eigenvalue weighted by atomic mass is 10.1. The van der Waals surface area contributed by atoms with Crippen molar-refractivity contribution in [2.24, 2.45) is 0 Å². The van der Waals surface area contributed by atoms with Crippen LogP contribution in [0.1, 0.15) is 25.7 Å². The molecule has 0 heterocycles. The summed E-state index contributed by atoms with van der Waals surface area (Å²) in [6.07, 6.45) is 5.21. The first-order valence-electron chi connectivity index (χ1n) is 5.88. The van der Waals surface area contributed by atoms with Crippen LogP contribution in [0.4, 0.5) is 11.4 Å². The number of benzene rings is 1. The molecule has 0 amide bonds. The Hall–Kier alpha value is -1.38. The Morgan fingerprint density at radius 1 is 1.31 bits per heavy atom. The number of anilines is 2. The first-order chi connectivity index (χ1) is 7.72. The predicted octanol–water partition coefficient (Wildman–Crippen LogP) is 2.66. The van der Waals surface area contributed by atoms with E-state index in [1.807, 2.05) is 18.2 Å². The van der Waals surface area contributed by atoms with Gasteiger partial charge in [-0.2, -0.15) is 0 Å². The summed E-state index contributed by atoms with van der Waals surface area (Å²) in [6.45, 7) is 0. The van der Waals surface area contributed by atoms with Crippen LogP contribution >= 0.6 is 0 Å². The predicted molar refractivity (Wildman–Crippen MR) is 68.1 cm³/mol. The van der Waals surface area contributed by atoms with Crippen LogP contribution in [0.25, 0.3) is 0 Å². The van der Waals surface area contributed by atoms with Crippen molar-refractivity contribution >= 4 is 11.4 Å². The lowest BCUT2D eigenvalue weighted by Gasteiger charge is -2.28. The molecule has 1 aliphatic carbocycles. The summed E-state index contributed by atoms with van der Waals surface area (Å²) in [5.41, 5.74) is 7.93. The van der Waals surface area contributed by atoms with E-state index in [-0.39, 0.29) is 0 Å². The van der Waals surface area contributed by atoms with Crippen LogP contribution in [-0.2, 0) is 0 Å². The molecule has 16 heavy (non-hydrogen) atoms. The molecule has 2 rings (SSSR count). The second-order valence-corrected chi connectivity index (χ2v) is 4.47. The maximum Gasteiger partial charge on any atom is 0.121 e. The molecule has 1 saturated carbocycles. The van der Waals surface area contributed by atoms with Crippen molar-refractivity contribution in [2.45, 2.75) is 31.7 Å². The van der Waals surface area contributed by atoms with Gasteiger partial charge in [0.1, 0.15) is 5.75 Å². The molecular weight excluding hydrogens is 200 g/mol. The standard InChI is InChI=1S/C13H20N2O/c1-15(10-5-3-4-6-10)13-9-11(16-2)7-8-12(13)14/h7-10H,3-6,14H2,1-2H3. The Balaban J connectivity index is 2.23. The Labute approximate surface area is 97.2 Å². The van der Waals surface area contributed by atoms with Crippen LogP contribution in [0, 0.1) is 0 Å². The van der Waals surface area contributed by atoms with Crippen molar-refractivity contribution in [1.29, 1.82) is 0 Å². The summed E-state index contributed by atoms with van der Waals surface area (Å²) in [5.74, 6) is 0.869. The average Bonchev–Trinajstić information content (AvgIpc) is 2.82. The summed E-state index contributed by atoms with van der Waals surface area (Å²) in [6, 6.07) is 6.48. The number of hydrogen-bond acceptors (Lipinski definition) is 3. The van der Waals surface area contributed by atoms with Crippen LogP contribution < -0.4 is 15.4 Å². The largest absolute Gasteiger partial charge is 0.497 e. The van der Waals surface area contributed by atoms with Gasteiger partial charge in [0.25, 0.3) is 0 Å². The van der Waals surface area contributed by atoms with Crippen molar-refractivity contribution in [3.8, 4) is 5.75 Å². The number of ether oxygens (including phenoxy) is 1. The Bertz CT molecular complexity index is 359. The van der Waals surface area contributed by atoms with Crippen molar-refractivity contribution in [2.75, 3.05) is 24.8 Å². The van der Waals surface area contributed by atoms with E-state index in [2.05, 4.69) is 11.9 Å². The van der Waals surface area contributed by atoms with Gasteiger partial charge in [-0.05, 0) is 25.0 Å². The summed E-state index contributed by atoms with van der Waals surface area (Å²) >= 11 is 0. The van der Waals surface area contributed by atoms with Crippen LogP contribution in [0.15, 0.2) is 18.2 Å². The van der Waals surface area contributed by atoms with Gasteiger partial charge in [-0.25, -0.2) is 0 Å². The minimum Gasteiger partial charge on any atom is -0.497 e. The van der Waals surface area contributed by atoms with E-state index in [0.717, 1.165) is 17.1 Å². The summed E-state index contributed by atoms with van der Waals surface area (Å²) < 4.78 is 5.24. The Morgan fingerprint density at radius 3 is 2.62 bits per heavy atom. The summed E-state index contributed by atoms with van der Waals surface area (Å²) in [5, 5.41) is 0. The third-order valence-electron chi connectivity index (χ3n) is 3.49. The molecule has 1 fully saturated rings. The normalized spacial score (nSPS) is 16.4. The van der Waals surface area contributed by atoms with E-state index < -0.39 is 0 Å². The smallest absolute Gasteiger partial charge is 0.121 e. The quantitative estimate of drug-likeness (QED) is 0.796. The van der Waals surface area contributed by atoms with Gasteiger partial charge in [0, 0.05) is 19.2 Å². The molecule has 0 atom stereocenters. The molecule has 0 bridgehead atoms. The zero-order chi connectivity index (χ0) is 11.5. The fourth-order valence-electron chi connectivity index (χ4n) is 2.44. The Morgan fingerprint density at radius 2 is 2.00 bits per heavy atom. The molecule has 0 radical (unpaired) electrons. The first-order valence-corrected chi connectivity index (χ1v) is 5.88. The van der Waals surface area contributed by atoms with Crippen LogP contribution in [0.2, 0.25) is 0 Å². The number of nitrogens with zero attached hydrogens (tertiary/aromatic N) is 1. The van der Waals surface area contributed by atoms with Gasteiger partial charge >= 0.3 is 0 Å². The molecule has 3 nitrogen and oxygen atoms in total. The van der Waals surface area contributed by atoms with Crippen molar-refractivity contribution in [3.05, 3.63) is 18.2 Å². The minimum atomic E-state index is 0.634. The SMILES string of the molecule is COc1ccc(N)c(N(C)C2CCCC2)c1. The van der Waals surface area contributed by atoms with Gasteiger partial charge in [-0.15, -0.1) is 0 Å². The maximum absolute atomic E-state index is 6.02. The highest BCUT2D eigenvalue weighted by Gasteiger charge is 2.21. The van der Waals surface area contributed by atoms with Gasteiger partial charge < -0.3 is 15.4 Å². The van der Waals surface area contributed by atoms with Crippen LogP contribution in [-0.4, -0.2) is 20.2 Å². The summed E-state index contributed by atoms with van der Waals surface area (Å²) in [7, 11) is 3.81. The molecule has 3 heteroatoms. The number of nitrogen functional groups attached to an aromatic ring is 1. The Kier molecular flexibility index (Phi) is 3.22. The van der Waals surface area contributed by atoms with E-state index in [9.17, 15) is 0 Å². The van der Waals surface area contributed by atoms with E-state index >= 15 is 0 Å². The molecule has 0 spiro atoms. The second-order valence-electron chi connectivity index (χ2n) is 4.47. The highest BCUT2D eigenvalue weighted by atomic mass is 16.5. The molecule has 1 aromatic carbocycles. The van der Waals surface area contributed by atoms with Gasteiger partial charge in [0.05, 0.1) is 18.5 Å². The number of rotatable bonds is 3. The molecule has 1 aromatic rings. The molecule has 2 N–H and O–H groups in total. The fourth-order valence-corrected chi connectivity index (χ4v) is 2.44. The maximum atomic E-state index is 6.02. The van der Waals surface area contributed by atoms with Gasteiger partial charge in [-0.1, -0.05) is 12.8 Å². The third kappa shape index (κ3) is 2.08. The van der Waals surface area contributed by atoms with E-state index in [4.69, 9.17) is 10.5 Å². The number of nitrogens with two attached hydrogens (primary N) is 1. The highest BCUT2D eigenvalue weighted by molar-refractivity contribution is 5.69. The second kappa shape index (κ2) is 4.64. The van der Waals surface area contributed by atoms with Crippen LogP contribution in [0.3, 0.4) is 0 Å². The van der Waals surface area contributed by atoms with Gasteiger partial charge in [-0.3, -0.25) is 0 Å². The van der Waals surface area contributed by atoms with Crippen molar-refractivity contribution in [1.82, 2.24) is 0 Å². The van der Waals surface area contributed by atoms with Crippen molar-refractivity contribution in [3.63, 3.8) is 0 Å². The molecule has 88 valence electrons. The lowest BCUT2D eigenvalue weighted by molar-refractivity contribution is 0.414.